The fourth-order valence-electron chi connectivity index (χ4n) is 1.23. The maximum atomic E-state index is 5.29. The number of hydrogen-bond acceptors (Lipinski definition) is 3. The minimum absolute atomic E-state index is 0.824. The van der Waals surface area contributed by atoms with Crippen molar-refractivity contribution >= 4 is 11.3 Å². The third kappa shape index (κ3) is 2.00. The van der Waals surface area contributed by atoms with E-state index < -0.39 is 0 Å². The Labute approximate surface area is 92.6 Å². The Hall–Kier alpha value is -1.79. The van der Waals surface area contributed by atoms with Gasteiger partial charge in [-0.15, -0.1) is 17.8 Å². The van der Waals surface area contributed by atoms with Crippen LogP contribution >= 0.6 is 11.3 Å². The van der Waals surface area contributed by atoms with E-state index in [1.807, 2.05) is 24.3 Å². The van der Waals surface area contributed by atoms with Gasteiger partial charge in [0.2, 0.25) is 0 Å². The highest BCUT2D eigenvalue weighted by Gasteiger charge is 2.03. The largest absolute Gasteiger partial charge is 0.497 e. The zero-order chi connectivity index (χ0) is 10.7. The number of hydrogen-bond donors (Lipinski definition) is 0. The maximum absolute atomic E-state index is 5.29. The van der Waals surface area contributed by atoms with Crippen LogP contribution in [0.3, 0.4) is 0 Å². The summed E-state index contributed by atoms with van der Waals surface area (Å²) in [6.07, 6.45) is 7.00. The Balaban J connectivity index is 2.41. The first kappa shape index (κ1) is 9.75. The third-order valence-electron chi connectivity index (χ3n) is 1.96. The van der Waals surface area contributed by atoms with Crippen molar-refractivity contribution in [1.29, 1.82) is 0 Å². The Morgan fingerprint density at radius 3 is 3.00 bits per heavy atom. The van der Waals surface area contributed by atoms with Gasteiger partial charge in [-0.05, 0) is 12.1 Å². The minimum atomic E-state index is 0.824. The first-order chi connectivity index (χ1) is 7.33. The molecule has 1 aromatic carbocycles. The van der Waals surface area contributed by atoms with Gasteiger partial charge < -0.3 is 4.74 Å². The average Bonchev–Trinajstić information content (AvgIpc) is 2.78. The molecule has 0 radical (unpaired) electrons. The molecule has 0 aliphatic rings. The van der Waals surface area contributed by atoms with Crippen LogP contribution < -0.4 is 4.74 Å². The topological polar surface area (TPSA) is 22.1 Å². The Morgan fingerprint density at radius 2 is 2.33 bits per heavy atom. The summed E-state index contributed by atoms with van der Waals surface area (Å²) in [6.45, 7) is 0. The lowest BCUT2D eigenvalue weighted by atomic mass is 10.2. The molecule has 0 aliphatic heterocycles. The first-order valence-corrected chi connectivity index (χ1v) is 5.22. The van der Waals surface area contributed by atoms with Crippen LogP contribution in [0.25, 0.3) is 10.6 Å². The summed E-state index contributed by atoms with van der Waals surface area (Å²) < 4.78 is 5.15. The molecule has 74 valence electrons. The van der Waals surface area contributed by atoms with Gasteiger partial charge in [-0.25, -0.2) is 4.98 Å². The second-order valence-electron chi connectivity index (χ2n) is 2.91. The molecule has 2 nitrogen and oxygen atoms in total. The quantitative estimate of drug-likeness (QED) is 0.719. The summed E-state index contributed by atoms with van der Waals surface area (Å²) in [5.74, 6) is 3.39. The van der Waals surface area contributed by atoms with Gasteiger partial charge in [-0.2, -0.15) is 0 Å². The molecule has 2 aromatic rings. The molecule has 0 saturated carbocycles. The fourth-order valence-corrected chi connectivity index (χ4v) is 1.95. The highest BCUT2D eigenvalue weighted by molar-refractivity contribution is 7.15. The predicted molar refractivity (Wildman–Crippen MR) is 62.0 cm³/mol. The molecule has 0 saturated heterocycles. The summed E-state index contributed by atoms with van der Waals surface area (Å²) in [7, 11) is 1.65. The molecule has 0 unspecified atom stereocenters. The van der Waals surface area contributed by atoms with Crippen molar-refractivity contribution in [2.24, 2.45) is 0 Å². The van der Waals surface area contributed by atoms with Crippen molar-refractivity contribution in [3.63, 3.8) is 0 Å². The SMILES string of the molecule is C#Cc1cnc(-c2cccc(OC)c2)s1. The molecular formula is C12H9NOS. The number of nitrogens with zero attached hydrogens (tertiary/aromatic N) is 1. The smallest absolute Gasteiger partial charge is 0.124 e. The molecule has 0 bridgehead atoms. The van der Waals surface area contributed by atoms with Crippen molar-refractivity contribution in [2.75, 3.05) is 7.11 Å². The van der Waals surface area contributed by atoms with Crippen LogP contribution in [0.2, 0.25) is 0 Å². The molecule has 0 atom stereocenters. The van der Waals surface area contributed by atoms with Gasteiger partial charge in [0.05, 0.1) is 18.2 Å². The van der Waals surface area contributed by atoms with E-state index in [2.05, 4.69) is 10.9 Å². The van der Waals surface area contributed by atoms with Crippen LogP contribution in [-0.4, -0.2) is 12.1 Å². The second-order valence-corrected chi connectivity index (χ2v) is 3.94. The molecule has 0 spiro atoms. The fraction of sp³-hybridized carbons (Fsp3) is 0.0833. The third-order valence-corrected chi connectivity index (χ3v) is 2.94. The lowest BCUT2D eigenvalue weighted by molar-refractivity contribution is 0.415. The minimum Gasteiger partial charge on any atom is -0.497 e. The van der Waals surface area contributed by atoms with E-state index in [4.69, 9.17) is 11.2 Å². The summed E-state index contributed by atoms with van der Waals surface area (Å²) in [4.78, 5) is 5.09. The monoisotopic (exact) mass is 215 g/mol. The van der Waals surface area contributed by atoms with Crippen LogP contribution in [0, 0.1) is 12.3 Å². The highest BCUT2D eigenvalue weighted by atomic mass is 32.1. The van der Waals surface area contributed by atoms with Crippen LogP contribution in [-0.2, 0) is 0 Å². The van der Waals surface area contributed by atoms with Crippen molar-refractivity contribution in [3.8, 4) is 28.7 Å². The van der Waals surface area contributed by atoms with Crippen molar-refractivity contribution in [1.82, 2.24) is 4.98 Å². The highest BCUT2D eigenvalue weighted by Crippen LogP contribution is 2.27. The second kappa shape index (κ2) is 4.16. The van der Waals surface area contributed by atoms with Crippen molar-refractivity contribution in [2.45, 2.75) is 0 Å². The molecule has 1 aromatic heterocycles. The number of benzene rings is 1. The molecule has 2 rings (SSSR count). The summed E-state index contributed by atoms with van der Waals surface area (Å²) >= 11 is 1.50. The zero-order valence-electron chi connectivity index (χ0n) is 8.23. The van der Waals surface area contributed by atoms with Crippen molar-refractivity contribution < 1.29 is 4.74 Å². The zero-order valence-corrected chi connectivity index (χ0v) is 9.04. The number of aromatic nitrogens is 1. The molecule has 15 heavy (non-hydrogen) atoms. The summed E-state index contributed by atoms with van der Waals surface area (Å²) in [5.41, 5.74) is 1.03. The number of rotatable bonds is 2. The summed E-state index contributed by atoms with van der Waals surface area (Å²) in [6, 6.07) is 7.77. The van der Waals surface area contributed by atoms with E-state index in [1.54, 1.807) is 13.3 Å². The van der Waals surface area contributed by atoms with Gasteiger partial charge in [0.25, 0.3) is 0 Å². The van der Waals surface area contributed by atoms with Gasteiger partial charge in [-0.1, -0.05) is 18.1 Å². The van der Waals surface area contributed by atoms with Crippen LogP contribution in [0.4, 0.5) is 0 Å². The molecular weight excluding hydrogens is 206 g/mol. The van der Waals surface area contributed by atoms with Crippen LogP contribution in [0.5, 0.6) is 5.75 Å². The van der Waals surface area contributed by atoms with E-state index in [-0.39, 0.29) is 0 Å². The molecule has 0 N–H and O–H groups in total. The first-order valence-electron chi connectivity index (χ1n) is 4.40. The van der Waals surface area contributed by atoms with Crippen LogP contribution in [0.1, 0.15) is 4.88 Å². The van der Waals surface area contributed by atoms with Crippen LogP contribution in [0.15, 0.2) is 30.5 Å². The van der Waals surface area contributed by atoms with Crippen molar-refractivity contribution in [3.05, 3.63) is 35.3 Å². The van der Waals surface area contributed by atoms with Gasteiger partial charge in [0, 0.05) is 5.56 Å². The molecule has 1 heterocycles. The Bertz CT molecular complexity index is 510. The predicted octanol–water partition coefficient (Wildman–Crippen LogP) is 2.80. The molecule has 3 heteroatoms. The average molecular weight is 215 g/mol. The molecule has 0 amide bonds. The van der Waals surface area contributed by atoms with E-state index in [1.165, 1.54) is 11.3 Å². The lowest BCUT2D eigenvalue weighted by Crippen LogP contribution is -1.82. The maximum Gasteiger partial charge on any atom is 0.124 e. The van der Waals surface area contributed by atoms with Gasteiger partial charge in [0.15, 0.2) is 0 Å². The summed E-state index contributed by atoms with van der Waals surface area (Å²) in [5, 5.41) is 0.918. The Morgan fingerprint density at radius 1 is 1.47 bits per heavy atom. The van der Waals surface area contributed by atoms with E-state index in [0.717, 1.165) is 21.2 Å². The lowest BCUT2D eigenvalue weighted by Gasteiger charge is -2.00. The van der Waals surface area contributed by atoms with E-state index >= 15 is 0 Å². The van der Waals surface area contributed by atoms with E-state index in [0.29, 0.717) is 0 Å². The van der Waals surface area contributed by atoms with E-state index in [9.17, 15) is 0 Å². The Kier molecular flexibility index (Phi) is 2.70. The van der Waals surface area contributed by atoms with Gasteiger partial charge >= 0.3 is 0 Å². The number of thiazole rings is 1. The number of methoxy groups -OCH3 is 1. The number of ether oxygens (including phenoxy) is 1. The standard InChI is InChI=1S/C12H9NOS/c1-3-11-8-13-12(15-11)9-5-4-6-10(7-9)14-2/h1,4-8H,2H3. The van der Waals surface area contributed by atoms with Gasteiger partial charge in [-0.3, -0.25) is 0 Å². The molecule has 0 aliphatic carbocycles. The molecule has 0 fully saturated rings. The number of terminal acetylenes is 1. The van der Waals surface area contributed by atoms with Gasteiger partial charge in [0.1, 0.15) is 10.8 Å². The normalized spacial score (nSPS) is 9.60.